The first-order valence-electron chi connectivity index (χ1n) is 4.31. The van der Waals surface area contributed by atoms with Crippen molar-refractivity contribution in [2.45, 2.75) is 6.92 Å². The van der Waals surface area contributed by atoms with Crippen molar-refractivity contribution in [3.63, 3.8) is 0 Å². The second kappa shape index (κ2) is 4.38. The molecule has 0 radical (unpaired) electrons. The smallest absolute Gasteiger partial charge is 0.488 e. The zero-order valence-corrected chi connectivity index (χ0v) is 8.21. The average Bonchev–Trinajstić information content (AvgIpc) is 2.14. The van der Waals surface area contributed by atoms with Gasteiger partial charge in [-0.25, -0.2) is 0 Å². The van der Waals surface area contributed by atoms with Gasteiger partial charge in [0, 0.05) is 6.20 Å². The molecule has 0 aliphatic rings. The third-order valence-electron chi connectivity index (χ3n) is 1.60. The average molecular weight is 216 g/mol. The Morgan fingerprint density at radius 1 is 1.47 bits per heavy atom. The molecular weight excluding hydrogens is 206 g/mol. The van der Waals surface area contributed by atoms with Crippen LogP contribution in [0, 0.1) is 0 Å². The van der Waals surface area contributed by atoms with E-state index in [0.29, 0.717) is 0 Å². The summed E-state index contributed by atoms with van der Waals surface area (Å²) in [5, 5.41) is 0. The van der Waals surface area contributed by atoms with E-state index in [9.17, 15) is 12.9 Å². The van der Waals surface area contributed by atoms with E-state index < -0.39 is 12.4 Å². The van der Waals surface area contributed by atoms with Crippen molar-refractivity contribution in [3.05, 3.63) is 30.6 Å². The van der Waals surface area contributed by atoms with Crippen molar-refractivity contribution in [2.75, 3.05) is 6.61 Å². The zero-order valence-electron chi connectivity index (χ0n) is 8.21. The highest BCUT2D eigenvalue weighted by atomic mass is 19.4. The quantitative estimate of drug-likeness (QED) is 0.567. The minimum absolute atomic E-state index is 0.106. The number of pyridine rings is 1. The van der Waals surface area contributed by atoms with E-state index >= 15 is 0 Å². The lowest BCUT2D eigenvalue weighted by molar-refractivity contribution is 0.351. The Morgan fingerprint density at radius 2 is 2.13 bits per heavy atom. The number of hydrogen-bond donors (Lipinski definition) is 0. The van der Waals surface area contributed by atoms with Gasteiger partial charge in [-0.15, -0.1) is 0 Å². The van der Waals surface area contributed by atoms with Crippen molar-refractivity contribution in [1.29, 1.82) is 0 Å². The molecule has 2 nitrogen and oxygen atoms in total. The van der Waals surface area contributed by atoms with E-state index in [1.54, 1.807) is 6.92 Å². The Hall–Kier alpha value is -1.46. The summed E-state index contributed by atoms with van der Waals surface area (Å²) in [5.41, 5.74) is -0.0212. The van der Waals surface area contributed by atoms with Crippen LogP contribution in [0.25, 0.3) is 0 Å². The van der Waals surface area contributed by atoms with Crippen LogP contribution < -0.4 is 10.2 Å². The van der Waals surface area contributed by atoms with Gasteiger partial charge in [-0.05, 0) is 18.6 Å². The van der Waals surface area contributed by atoms with Gasteiger partial charge in [-0.1, -0.05) is 12.0 Å². The molecular formula is C9H10BF3NO-. The molecule has 6 heteroatoms. The molecule has 0 bridgehead atoms. The summed E-state index contributed by atoms with van der Waals surface area (Å²) in [7, 11) is 0. The molecule has 1 rings (SSSR count). The van der Waals surface area contributed by atoms with Crippen LogP contribution in [0.3, 0.4) is 0 Å². The molecule has 1 aromatic rings. The lowest BCUT2D eigenvalue weighted by Gasteiger charge is -2.15. The maximum absolute atomic E-state index is 12.3. The van der Waals surface area contributed by atoms with Crippen molar-refractivity contribution in [2.24, 2.45) is 0 Å². The van der Waals surface area contributed by atoms with Crippen LogP contribution in [-0.2, 0) is 0 Å². The van der Waals surface area contributed by atoms with Gasteiger partial charge in [0.1, 0.15) is 12.4 Å². The second-order valence-electron chi connectivity index (χ2n) is 3.27. The van der Waals surface area contributed by atoms with Gasteiger partial charge in [0.2, 0.25) is 0 Å². The monoisotopic (exact) mass is 216 g/mol. The highest BCUT2D eigenvalue weighted by Crippen LogP contribution is 2.13. The van der Waals surface area contributed by atoms with Gasteiger partial charge < -0.3 is 17.7 Å². The summed E-state index contributed by atoms with van der Waals surface area (Å²) in [6.07, 6.45) is 2.03. The molecule has 0 amide bonds. The first-order valence-corrected chi connectivity index (χ1v) is 4.31. The van der Waals surface area contributed by atoms with Gasteiger partial charge >= 0.3 is 6.98 Å². The van der Waals surface area contributed by atoms with Gasteiger partial charge in [-0.3, -0.25) is 4.98 Å². The molecule has 0 saturated carbocycles. The number of rotatable bonds is 4. The summed E-state index contributed by atoms with van der Waals surface area (Å²) in [4.78, 5) is 3.47. The van der Waals surface area contributed by atoms with Gasteiger partial charge in [0.05, 0.1) is 6.20 Å². The number of nitrogens with zero attached hydrogens (tertiary/aromatic N) is 1. The van der Waals surface area contributed by atoms with Crippen LogP contribution in [0.2, 0.25) is 0 Å². The van der Waals surface area contributed by atoms with E-state index in [1.165, 1.54) is 6.20 Å². The number of ether oxygens (including phenoxy) is 1. The third kappa shape index (κ3) is 3.65. The Balaban J connectivity index is 2.79. The molecule has 0 aliphatic heterocycles. The Kier molecular flexibility index (Phi) is 3.39. The largest absolute Gasteiger partial charge is 0.511 e. The Bertz CT molecular complexity index is 365. The summed E-state index contributed by atoms with van der Waals surface area (Å²) in [6, 6.07) is 0.940. The Labute approximate surface area is 85.8 Å². The van der Waals surface area contributed by atoms with Crippen LogP contribution >= 0.6 is 0 Å². The number of hydrogen-bond acceptors (Lipinski definition) is 2. The summed E-state index contributed by atoms with van der Waals surface area (Å²) in [6.45, 7) is 0.475. The Morgan fingerprint density at radius 3 is 2.67 bits per heavy atom. The van der Waals surface area contributed by atoms with Crippen molar-refractivity contribution < 1.29 is 17.7 Å². The second-order valence-corrected chi connectivity index (χ2v) is 3.27. The van der Waals surface area contributed by atoms with Crippen molar-refractivity contribution >= 4 is 12.4 Å². The minimum Gasteiger partial charge on any atom is -0.488 e. The summed E-state index contributed by atoms with van der Waals surface area (Å²) in [5.74, 6) is 0.106. The molecule has 0 N–H and O–H groups in total. The van der Waals surface area contributed by atoms with Crippen molar-refractivity contribution in [1.82, 2.24) is 4.98 Å². The number of aromatic nitrogens is 1. The minimum atomic E-state index is -5.02. The molecule has 0 saturated heterocycles. The molecule has 82 valence electrons. The fourth-order valence-corrected chi connectivity index (χ4v) is 0.900. The highest BCUT2D eigenvalue weighted by molar-refractivity contribution is 6.73. The number of halogens is 3. The molecule has 0 aliphatic carbocycles. The van der Waals surface area contributed by atoms with Gasteiger partial charge in [-0.2, -0.15) is 0 Å². The lowest BCUT2D eigenvalue weighted by Crippen LogP contribution is -2.34. The maximum atomic E-state index is 12.3. The molecule has 0 spiro atoms. The fourth-order valence-electron chi connectivity index (χ4n) is 0.900. The SMILES string of the molecule is C=C(C)COc1cncc([B-](F)(F)F)c1. The van der Waals surface area contributed by atoms with Crippen LogP contribution in [0.1, 0.15) is 6.92 Å². The van der Waals surface area contributed by atoms with Crippen LogP contribution in [0.5, 0.6) is 5.75 Å². The fraction of sp³-hybridized carbons (Fsp3) is 0.222. The molecule has 0 unspecified atom stereocenters. The maximum Gasteiger partial charge on any atom is 0.511 e. The third-order valence-corrected chi connectivity index (χ3v) is 1.60. The summed E-state index contributed by atoms with van der Waals surface area (Å²) >= 11 is 0. The van der Waals surface area contributed by atoms with E-state index in [4.69, 9.17) is 4.74 Å². The van der Waals surface area contributed by atoms with Crippen LogP contribution in [-0.4, -0.2) is 18.6 Å². The molecule has 1 heterocycles. The molecule has 0 atom stereocenters. The van der Waals surface area contributed by atoms with Crippen LogP contribution in [0.4, 0.5) is 12.9 Å². The van der Waals surface area contributed by atoms with E-state index in [0.717, 1.165) is 17.8 Å². The van der Waals surface area contributed by atoms with E-state index in [1.807, 2.05) is 0 Å². The normalized spacial score (nSPS) is 11.2. The zero-order chi connectivity index (χ0) is 11.5. The van der Waals surface area contributed by atoms with Gasteiger partial charge in [0.25, 0.3) is 0 Å². The molecule has 0 aromatic carbocycles. The molecule has 0 fully saturated rings. The molecule has 15 heavy (non-hydrogen) atoms. The van der Waals surface area contributed by atoms with Crippen LogP contribution in [0.15, 0.2) is 30.6 Å². The van der Waals surface area contributed by atoms with Gasteiger partial charge in [0.15, 0.2) is 0 Å². The predicted octanol–water partition coefficient (Wildman–Crippen LogP) is 2.09. The lowest BCUT2D eigenvalue weighted by atomic mass is 9.81. The molecule has 1 aromatic heterocycles. The predicted molar refractivity (Wildman–Crippen MR) is 53.3 cm³/mol. The van der Waals surface area contributed by atoms with E-state index in [-0.39, 0.29) is 12.4 Å². The standard InChI is InChI=1S/C9H10BF3NO/c1-7(2)6-15-9-3-8(4-14-5-9)10(11,12)13/h3-5H,1,6H2,2H3/q-1. The van der Waals surface area contributed by atoms with E-state index in [2.05, 4.69) is 11.6 Å². The topological polar surface area (TPSA) is 22.1 Å². The highest BCUT2D eigenvalue weighted by Gasteiger charge is 2.26. The summed E-state index contributed by atoms with van der Waals surface area (Å²) < 4.78 is 42.0. The first-order chi connectivity index (χ1) is 6.89. The first kappa shape index (κ1) is 11.6. The van der Waals surface area contributed by atoms with Crippen molar-refractivity contribution in [3.8, 4) is 5.75 Å².